The van der Waals surface area contributed by atoms with Gasteiger partial charge in [-0.2, -0.15) is 8.42 Å². The molecule has 0 spiro atoms. The molecular weight excluding hydrogens is 252 g/mol. The minimum absolute atomic E-state index is 0.0720. The number of hydrogen-bond acceptors (Lipinski definition) is 4. The first-order valence-electron chi connectivity index (χ1n) is 4.54. The van der Waals surface area contributed by atoms with Gasteiger partial charge in [0.1, 0.15) is 5.75 Å². The Hall–Kier alpha value is -0.920. The summed E-state index contributed by atoms with van der Waals surface area (Å²) in [5.41, 5.74) is 0. The fourth-order valence-electron chi connectivity index (χ4n) is 1.02. The summed E-state index contributed by atoms with van der Waals surface area (Å²) in [5.74, 6) is -0.0985. The van der Waals surface area contributed by atoms with Crippen LogP contribution in [-0.2, 0) is 21.2 Å². The molecule has 0 aliphatic rings. The zero-order valence-electron chi connectivity index (χ0n) is 8.40. The Balaban J connectivity index is 2.49. The summed E-state index contributed by atoms with van der Waals surface area (Å²) in [6.07, 6.45) is 0.0955. The standard InChI is InChI=1S/C9H12O5S2/c10-15(11)7-4-8-16(12,13)14-9-5-2-1-3-6-9/h1-3,5-6H,4,7-8H2,(H,10,11). The van der Waals surface area contributed by atoms with Crippen LogP contribution in [-0.4, -0.2) is 28.7 Å². The smallest absolute Gasteiger partial charge is 0.309 e. The maximum absolute atomic E-state index is 11.4. The molecule has 0 bridgehead atoms. The second kappa shape index (κ2) is 5.97. The second-order valence-corrected chi connectivity index (χ2v) is 5.78. The molecule has 1 aromatic carbocycles. The van der Waals surface area contributed by atoms with Gasteiger partial charge in [0, 0.05) is 0 Å². The minimum atomic E-state index is -3.68. The lowest BCUT2D eigenvalue weighted by molar-refractivity contribution is 0.485. The summed E-state index contributed by atoms with van der Waals surface area (Å²) in [4.78, 5) is 0. The van der Waals surface area contributed by atoms with E-state index in [0.717, 1.165) is 0 Å². The highest BCUT2D eigenvalue weighted by Crippen LogP contribution is 2.12. The Bertz CT molecular complexity index is 440. The fourth-order valence-corrected chi connectivity index (χ4v) is 2.58. The van der Waals surface area contributed by atoms with Gasteiger partial charge in [0.2, 0.25) is 0 Å². The third-order valence-corrected chi connectivity index (χ3v) is 3.55. The van der Waals surface area contributed by atoms with Gasteiger partial charge in [-0.1, -0.05) is 18.2 Å². The highest BCUT2D eigenvalue weighted by atomic mass is 32.2. The average Bonchev–Trinajstić information content (AvgIpc) is 2.17. The van der Waals surface area contributed by atoms with Crippen LogP contribution < -0.4 is 4.18 Å². The minimum Gasteiger partial charge on any atom is -0.382 e. The molecule has 1 N–H and O–H groups in total. The topological polar surface area (TPSA) is 80.7 Å². The van der Waals surface area contributed by atoms with E-state index in [9.17, 15) is 12.6 Å². The molecule has 5 nitrogen and oxygen atoms in total. The zero-order chi connectivity index (χ0) is 12.0. The summed E-state index contributed by atoms with van der Waals surface area (Å²) >= 11 is -1.97. The van der Waals surface area contributed by atoms with Crippen molar-refractivity contribution in [2.45, 2.75) is 6.42 Å². The van der Waals surface area contributed by atoms with E-state index in [0.29, 0.717) is 0 Å². The molecule has 0 heterocycles. The summed E-state index contributed by atoms with van der Waals surface area (Å²) in [5, 5.41) is 0. The maximum Gasteiger partial charge on any atom is 0.309 e. The lowest BCUT2D eigenvalue weighted by Crippen LogP contribution is -2.15. The van der Waals surface area contributed by atoms with Crippen LogP contribution >= 0.6 is 0 Å². The van der Waals surface area contributed by atoms with E-state index in [1.54, 1.807) is 18.2 Å². The molecule has 16 heavy (non-hydrogen) atoms. The zero-order valence-corrected chi connectivity index (χ0v) is 10.0. The number of rotatable bonds is 6. The lowest BCUT2D eigenvalue weighted by Gasteiger charge is -2.05. The first-order valence-corrected chi connectivity index (χ1v) is 7.39. The first kappa shape index (κ1) is 13.1. The average molecular weight is 264 g/mol. The van der Waals surface area contributed by atoms with Crippen molar-refractivity contribution in [3.05, 3.63) is 30.3 Å². The maximum atomic E-state index is 11.4. The van der Waals surface area contributed by atoms with Crippen LogP contribution in [0.15, 0.2) is 30.3 Å². The molecule has 0 aliphatic heterocycles. The molecular formula is C9H12O5S2. The molecule has 0 saturated carbocycles. The highest BCUT2D eigenvalue weighted by Gasteiger charge is 2.12. The van der Waals surface area contributed by atoms with Crippen molar-refractivity contribution in [3.8, 4) is 5.75 Å². The van der Waals surface area contributed by atoms with Gasteiger partial charge in [-0.3, -0.25) is 0 Å². The molecule has 0 saturated heterocycles. The van der Waals surface area contributed by atoms with Crippen molar-refractivity contribution < 1.29 is 21.4 Å². The molecule has 1 atom stereocenters. The van der Waals surface area contributed by atoms with Crippen LogP contribution in [0.25, 0.3) is 0 Å². The van der Waals surface area contributed by atoms with Crippen LogP contribution in [0.5, 0.6) is 5.75 Å². The van der Waals surface area contributed by atoms with E-state index in [1.807, 2.05) is 0 Å². The lowest BCUT2D eigenvalue weighted by atomic mass is 10.3. The Kier molecular flexibility index (Phi) is 4.91. The van der Waals surface area contributed by atoms with E-state index in [2.05, 4.69) is 0 Å². The fraction of sp³-hybridized carbons (Fsp3) is 0.333. The summed E-state index contributed by atoms with van der Waals surface area (Å²) in [6, 6.07) is 8.12. The van der Waals surface area contributed by atoms with Gasteiger partial charge in [0.25, 0.3) is 0 Å². The predicted molar refractivity (Wildman–Crippen MR) is 61.1 cm³/mol. The Morgan fingerprint density at radius 2 is 1.88 bits per heavy atom. The van der Waals surface area contributed by atoms with Crippen molar-refractivity contribution in [2.75, 3.05) is 11.5 Å². The third-order valence-electron chi connectivity index (χ3n) is 1.68. The second-order valence-electron chi connectivity index (χ2n) is 3.04. The van der Waals surface area contributed by atoms with Gasteiger partial charge in [0.15, 0.2) is 11.1 Å². The third kappa shape index (κ3) is 5.24. The molecule has 0 fully saturated rings. The summed E-state index contributed by atoms with van der Waals surface area (Å²) < 4.78 is 46.3. The highest BCUT2D eigenvalue weighted by molar-refractivity contribution is 7.87. The Morgan fingerprint density at radius 3 is 2.44 bits per heavy atom. The van der Waals surface area contributed by atoms with Gasteiger partial charge >= 0.3 is 10.1 Å². The molecule has 0 radical (unpaired) electrons. The normalized spacial score (nSPS) is 13.3. The van der Waals surface area contributed by atoms with Crippen LogP contribution in [0.4, 0.5) is 0 Å². The van der Waals surface area contributed by atoms with Gasteiger partial charge in [-0.15, -0.1) is 0 Å². The molecule has 0 aliphatic carbocycles. The monoisotopic (exact) mass is 264 g/mol. The van der Waals surface area contributed by atoms with Crippen molar-refractivity contribution in [3.63, 3.8) is 0 Å². The van der Waals surface area contributed by atoms with Crippen LogP contribution in [0, 0.1) is 0 Å². The molecule has 1 unspecified atom stereocenters. The van der Waals surface area contributed by atoms with Gasteiger partial charge < -0.3 is 8.74 Å². The predicted octanol–water partition coefficient (Wildman–Crippen LogP) is 1.01. The quantitative estimate of drug-likeness (QED) is 0.612. The first-order chi connectivity index (χ1) is 7.49. The summed E-state index contributed by atoms with van der Waals surface area (Å²) in [7, 11) is -3.68. The molecule has 7 heteroatoms. The largest absolute Gasteiger partial charge is 0.382 e. The van der Waals surface area contributed by atoms with E-state index in [1.165, 1.54) is 12.1 Å². The Labute approximate surface area is 96.9 Å². The molecule has 0 amide bonds. The summed E-state index contributed by atoms with van der Waals surface area (Å²) in [6.45, 7) is 0. The Morgan fingerprint density at radius 1 is 1.25 bits per heavy atom. The number of benzene rings is 1. The van der Waals surface area contributed by atoms with Gasteiger partial charge in [0.05, 0.1) is 11.5 Å². The van der Waals surface area contributed by atoms with Crippen LogP contribution in [0.2, 0.25) is 0 Å². The molecule has 90 valence electrons. The van der Waals surface area contributed by atoms with E-state index in [-0.39, 0.29) is 23.7 Å². The number of hydrogen-bond donors (Lipinski definition) is 1. The van der Waals surface area contributed by atoms with Crippen LogP contribution in [0.1, 0.15) is 6.42 Å². The van der Waals surface area contributed by atoms with Crippen molar-refractivity contribution in [1.82, 2.24) is 0 Å². The molecule has 1 aromatic rings. The number of para-hydroxylation sites is 1. The molecule has 0 aromatic heterocycles. The van der Waals surface area contributed by atoms with Crippen molar-refractivity contribution >= 4 is 21.2 Å². The van der Waals surface area contributed by atoms with Crippen molar-refractivity contribution in [2.24, 2.45) is 0 Å². The van der Waals surface area contributed by atoms with Gasteiger partial charge in [-0.25, -0.2) is 4.21 Å². The van der Waals surface area contributed by atoms with Crippen molar-refractivity contribution in [1.29, 1.82) is 0 Å². The van der Waals surface area contributed by atoms with E-state index < -0.39 is 21.2 Å². The van der Waals surface area contributed by atoms with E-state index in [4.69, 9.17) is 8.74 Å². The van der Waals surface area contributed by atoms with E-state index >= 15 is 0 Å². The van der Waals surface area contributed by atoms with Gasteiger partial charge in [-0.05, 0) is 18.6 Å². The van der Waals surface area contributed by atoms with Crippen LogP contribution in [0.3, 0.4) is 0 Å². The molecule has 1 rings (SSSR count). The SMILES string of the molecule is O=S(O)CCCS(=O)(=O)Oc1ccccc1.